The number of esters is 1. The van der Waals surface area contributed by atoms with Crippen molar-refractivity contribution in [1.82, 2.24) is 0 Å². The molecule has 0 spiro atoms. The van der Waals surface area contributed by atoms with Gasteiger partial charge in [0.15, 0.2) is 12.9 Å². The molecule has 1 N–H and O–H groups in total. The Kier molecular flexibility index (Phi) is 3.78. The summed E-state index contributed by atoms with van der Waals surface area (Å²) in [6, 6.07) is 2.31. The van der Waals surface area contributed by atoms with Gasteiger partial charge in [-0.2, -0.15) is 0 Å². The molecule has 0 amide bonds. The third kappa shape index (κ3) is 2.44. The Morgan fingerprint density at radius 3 is 3.11 bits per heavy atom. The van der Waals surface area contributed by atoms with E-state index < -0.39 is 17.9 Å². The molecule has 0 bridgehead atoms. The number of fused-ring (bicyclic) bond motifs is 1. The van der Waals surface area contributed by atoms with Crippen molar-refractivity contribution in [1.29, 1.82) is 0 Å². The lowest BCUT2D eigenvalue weighted by atomic mass is 10.0. The predicted molar refractivity (Wildman–Crippen MR) is 58.3 cm³/mol. The first-order valence-electron chi connectivity index (χ1n) is 5.51. The van der Waals surface area contributed by atoms with E-state index in [1.165, 1.54) is 6.07 Å². The summed E-state index contributed by atoms with van der Waals surface area (Å²) >= 11 is 0. The van der Waals surface area contributed by atoms with E-state index in [2.05, 4.69) is 0 Å². The van der Waals surface area contributed by atoms with E-state index in [1.807, 2.05) is 0 Å². The molecule has 18 heavy (non-hydrogen) atoms. The molecule has 1 aromatic carbocycles. The maximum absolute atomic E-state index is 13.4. The van der Waals surface area contributed by atoms with Crippen LogP contribution in [0.4, 0.5) is 4.39 Å². The number of ether oxygens (including phenoxy) is 3. The van der Waals surface area contributed by atoms with Crippen LogP contribution in [0, 0.1) is 5.82 Å². The third-order valence-electron chi connectivity index (χ3n) is 2.51. The van der Waals surface area contributed by atoms with Gasteiger partial charge in [0, 0.05) is 11.1 Å². The van der Waals surface area contributed by atoms with Gasteiger partial charge < -0.3 is 19.3 Å². The zero-order chi connectivity index (χ0) is 13.1. The lowest BCUT2D eigenvalue weighted by molar-refractivity contribution is -0.153. The van der Waals surface area contributed by atoms with Crippen LogP contribution in [0.1, 0.15) is 24.2 Å². The number of hydrogen-bond donors (Lipinski definition) is 1. The maximum Gasteiger partial charge on any atom is 0.339 e. The number of benzene rings is 1. The molecule has 0 aliphatic carbocycles. The molecule has 0 saturated carbocycles. The van der Waals surface area contributed by atoms with Crippen LogP contribution < -0.4 is 4.74 Å². The summed E-state index contributed by atoms with van der Waals surface area (Å²) in [6.07, 6.45) is -1.56. The third-order valence-corrected chi connectivity index (χ3v) is 2.51. The van der Waals surface area contributed by atoms with Crippen molar-refractivity contribution in [3.8, 4) is 5.75 Å². The topological polar surface area (TPSA) is 65.0 Å². The van der Waals surface area contributed by atoms with Crippen molar-refractivity contribution in [2.24, 2.45) is 0 Å². The zero-order valence-corrected chi connectivity index (χ0v) is 9.81. The number of carbonyl (C=O) groups excluding carboxylic acids is 1. The molecule has 0 aromatic heterocycles. The van der Waals surface area contributed by atoms with Gasteiger partial charge in [-0.15, -0.1) is 0 Å². The van der Waals surface area contributed by atoms with Crippen molar-refractivity contribution >= 4 is 5.97 Å². The Bertz CT molecular complexity index is 460. The smallest absolute Gasteiger partial charge is 0.339 e. The highest BCUT2D eigenvalue weighted by atomic mass is 19.1. The van der Waals surface area contributed by atoms with E-state index in [9.17, 15) is 14.3 Å². The lowest BCUT2D eigenvalue weighted by Gasteiger charge is -2.22. The molecule has 0 saturated heterocycles. The first-order valence-corrected chi connectivity index (χ1v) is 5.51. The van der Waals surface area contributed by atoms with Gasteiger partial charge in [-0.1, -0.05) is 0 Å². The van der Waals surface area contributed by atoms with Gasteiger partial charge >= 0.3 is 5.97 Å². The van der Waals surface area contributed by atoms with Gasteiger partial charge in [-0.05, 0) is 19.1 Å². The average Bonchev–Trinajstić information content (AvgIpc) is 2.37. The van der Waals surface area contributed by atoms with E-state index >= 15 is 0 Å². The Labute approximate surface area is 103 Å². The van der Waals surface area contributed by atoms with Gasteiger partial charge in [0.2, 0.25) is 0 Å². The molecule has 1 heterocycles. The summed E-state index contributed by atoms with van der Waals surface area (Å²) in [5.74, 6) is -1.12. The highest BCUT2D eigenvalue weighted by Crippen LogP contribution is 2.33. The first kappa shape index (κ1) is 12.8. The molecule has 2 rings (SSSR count). The molecule has 5 nitrogen and oxygen atoms in total. The average molecular weight is 256 g/mol. The fourth-order valence-electron chi connectivity index (χ4n) is 1.76. The number of rotatable bonds is 3. The summed E-state index contributed by atoms with van der Waals surface area (Å²) < 4.78 is 28.3. The summed E-state index contributed by atoms with van der Waals surface area (Å²) in [4.78, 5) is 11.5. The zero-order valence-electron chi connectivity index (χ0n) is 9.81. The summed E-state index contributed by atoms with van der Waals surface area (Å²) in [7, 11) is 0. The highest BCUT2D eigenvalue weighted by molar-refractivity contribution is 5.77. The number of halogens is 1. The second kappa shape index (κ2) is 5.32. The summed E-state index contributed by atoms with van der Waals surface area (Å²) in [5.41, 5.74) is 0.520. The lowest BCUT2D eigenvalue weighted by Crippen LogP contribution is -2.20. The minimum absolute atomic E-state index is 0.00117. The molecule has 98 valence electrons. The molecule has 0 radical (unpaired) electrons. The molecular formula is C12H13FO5. The van der Waals surface area contributed by atoms with Gasteiger partial charge in [-0.3, -0.25) is 0 Å². The number of hydrogen-bond acceptors (Lipinski definition) is 5. The van der Waals surface area contributed by atoms with Crippen LogP contribution >= 0.6 is 0 Å². The van der Waals surface area contributed by atoms with E-state index in [0.717, 1.165) is 6.07 Å². The van der Waals surface area contributed by atoms with Gasteiger partial charge in [0.1, 0.15) is 11.6 Å². The molecule has 0 fully saturated rings. The van der Waals surface area contributed by atoms with E-state index in [1.54, 1.807) is 6.92 Å². The van der Waals surface area contributed by atoms with Crippen molar-refractivity contribution in [3.63, 3.8) is 0 Å². The number of carbonyl (C=O) groups is 1. The number of aliphatic hydroxyl groups is 1. The molecule has 1 aliphatic heterocycles. The van der Waals surface area contributed by atoms with Crippen LogP contribution in [0.5, 0.6) is 5.75 Å². The van der Waals surface area contributed by atoms with Crippen LogP contribution in [0.2, 0.25) is 0 Å². The Balaban J connectivity index is 2.37. The molecule has 6 heteroatoms. The number of aliphatic hydroxyl groups excluding tert-OH is 1. The molecule has 1 aromatic rings. The second-order valence-electron chi connectivity index (χ2n) is 3.75. The minimum Gasteiger partial charge on any atom is -0.467 e. The highest BCUT2D eigenvalue weighted by Gasteiger charge is 2.27. The Hall–Kier alpha value is -1.66. The molecule has 1 aliphatic rings. The van der Waals surface area contributed by atoms with Crippen molar-refractivity contribution in [2.45, 2.75) is 19.6 Å². The molecular weight excluding hydrogens is 243 g/mol. The van der Waals surface area contributed by atoms with Crippen molar-refractivity contribution < 1.29 is 28.5 Å². The van der Waals surface area contributed by atoms with Crippen LogP contribution in [-0.2, 0) is 20.9 Å². The van der Waals surface area contributed by atoms with Gasteiger partial charge in [-0.25, -0.2) is 9.18 Å². The SMILES string of the molecule is CCOC(=O)C(O)c1cc(F)cc2c1OCOC2. The van der Waals surface area contributed by atoms with Crippen molar-refractivity contribution in [2.75, 3.05) is 13.4 Å². The van der Waals surface area contributed by atoms with Crippen LogP contribution in [0.15, 0.2) is 12.1 Å². The van der Waals surface area contributed by atoms with E-state index in [4.69, 9.17) is 14.2 Å². The Morgan fingerprint density at radius 2 is 2.39 bits per heavy atom. The van der Waals surface area contributed by atoms with E-state index in [-0.39, 0.29) is 31.3 Å². The van der Waals surface area contributed by atoms with Crippen molar-refractivity contribution in [3.05, 3.63) is 29.1 Å². The largest absolute Gasteiger partial charge is 0.467 e. The van der Waals surface area contributed by atoms with Gasteiger partial charge in [0.25, 0.3) is 0 Å². The normalized spacial score (nSPS) is 15.5. The maximum atomic E-state index is 13.4. The fourth-order valence-corrected chi connectivity index (χ4v) is 1.76. The summed E-state index contributed by atoms with van der Waals surface area (Å²) in [6.45, 7) is 1.93. The molecule has 1 atom stereocenters. The van der Waals surface area contributed by atoms with Crippen LogP contribution in [-0.4, -0.2) is 24.5 Å². The molecule has 1 unspecified atom stereocenters. The minimum atomic E-state index is -1.56. The second-order valence-corrected chi connectivity index (χ2v) is 3.75. The van der Waals surface area contributed by atoms with Crippen LogP contribution in [0.25, 0.3) is 0 Å². The van der Waals surface area contributed by atoms with E-state index in [0.29, 0.717) is 5.56 Å². The summed E-state index contributed by atoms with van der Waals surface area (Å²) in [5, 5.41) is 9.84. The Morgan fingerprint density at radius 1 is 1.61 bits per heavy atom. The monoisotopic (exact) mass is 256 g/mol. The van der Waals surface area contributed by atoms with Gasteiger partial charge in [0.05, 0.1) is 13.2 Å². The predicted octanol–water partition coefficient (Wildman–Crippen LogP) is 1.29. The fraction of sp³-hybridized carbons (Fsp3) is 0.417. The standard InChI is InChI=1S/C12H13FO5/c1-2-17-12(15)10(14)9-4-8(13)3-7-5-16-6-18-11(7)9/h3-4,10,14H,2,5-6H2,1H3. The quantitative estimate of drug-likeness (QED) is 0.825. The van der Waals surface area contributed by atoms with Crippen LogP contribution in [0.3, 0.4) is 0 Å². The first-order chi connectivity index (χ1) is 8.63.